The lowest BCUT2D eigenvalue weighted by Gasteiger charge is -2.38. The molecule has 3 aromatic carbocycles. The van der Waals surface area contributed by atoms with Crippen molar-refractivity contribution < 1.29 is 17.2 Å². The van der Waals surface area contributed by atoms with Gasteiger partial charge in [-0.1, -0.05) is 66.2 Å². The van der Waals surface area contributed by atoms with Gasteiger partial charge in [-0.2, -0.15) is 0 Å². The van der Waals surface area contributed by atoms with Crippen molar-refractivity contribution in [1.29, 1.82) is 0 Å². The molecule has 3 N–H and O–H groups in total. The monoisotopic (exact) mass is 589 g/mol. The predicted molar refractivity (Wildman–Crippen MR) is 170 cm³/mol. The fraction of sp³-hybridized carbons (Fsp3) is 0.303. The Bertz CT molecular complexity index is 1450. The Hall–Kier alpha value is -4.14. The minimum atomic E-state index is -0.721. The van der Waals surface area contributed by atoms with Gasteiger partial charge in [0.05, 0.1) is 11.6 Å². The van der Waals surface area contributed by atoms with Crippen LogP contribution in [-0.4, -0.2) is 67.4 Å². The van der Waals surface area contributed by atoms with Crippen LogP contribution < -0.4 is 20.9 Å². The van der Waals surface area contributed by atoms with Gasteiger partial charge in [0, 0.05) is 59.3 Å². The van der Waals surface area contributed by atoms with Crippen LogP contribution in [0.1, 0.15) is 29.9 Å². The van der Waals surface area contributed by atoms with E-state index in [9.17, 15) is 14.4 Å². The molecule has 1 saturated heterocycles. The number of fused-ring (bicyclic) bond motifs is 1. The highest BCUT2D eigenvalue weighted by atomic mass is 35.5. The molecule has 42 heavy (non-hydrogen) atoms. The topological polar surface area (TPSA) is 93.8 Å². The number of carbonyl (C=O) groups is 3. The molecule has 2 heterocycles. The first kappa shape index (κ1) is 29.4. The van der Waals surface area contributed by atoms with Crippen LogP contribution in [0.15, 0.2) is 85.5 Å². The van der Waals surface area contributed by atoms with Crippen LogP contribution >= 0.6 is 11.6 Å². The Morgan fingerprint density at radius 1 is 0.976 bits per heavy atom. The van der Waals surface area contributed by atoms with E-state index in [1.54, 1.807) is 29.2 Å². The summed E-state index contributed by atoms with van der Waals surface area (Å²) in [6.07, 6.45) is 2.58. The average Bonchev–Trinajstić information content (AvgIpc) is 3.03. The van der Waals surface area contributed by atoms with E-state index in [4.69, 9.17) is 11.6 Å². The second kappa shape index (κ2) is 13.7. The van der Waals surface area contributed by atoms with Gasteiger partial charge in [0.25, 0.3) is 5.91 Å². The number of nitrogens with one attached hydrogen (secondary N) is 3. The number of rotatable bonds is 9. The van der Waals surface area contributed by atoms with Gasteiger partial charge in [0.1, 0.15) is 6.04 Å². The smallest absolute Gasteiger partial charge is 0.253 e. The molecule has 0 spiro atoms. The van der Waals surface area contributed by atoms with E-state index < -0.39 is 12.1 Å². The van der Waals surface area contributed by atoms with Crippen molar-refractivity contribution in [2.45, 2.75) is 31.5 Å². The van der Waals surface area contributed by atoms with Crippen LogP contribution in [0.5, 0.6) is 0 Å². The molecule has 0 bridgehead atoms. The molecule has 2 aliphatic heterocycles. The van der Waals surface area contributed by atoms with Crippen molar-refractivity contribution in [2.75, 3.05) is 37.6 Å². The quantitative estimate of drug-likeness (QED) is 0.330. The average molecular weight is 590 g/mol. The van der Waals surface area contributed by atoms with Crippen molar-refractivity contribution in [1.82, 2.24) is 20.9 Å². The second-order valence-electron chi connectivity index (χ2n) is 10.6. The van der Waals surface area contributed by atoms with E-state index >= 15 is 0 Å². The first-order chi connectivity index (χ1) is 20.4. The van der Waals surface area contributed by atoms with E-state index in [1.165, 1.54) is 5.56 Å². The number of piperazine rings is 1. The summed E-state index contributed by atoms with van der Waals surface area (Å²) < 4.78 is 0. The van der Waals surface area contributed by atoms with Gasteiger partial charge >= 0.3 is 0 Å². The van der Waals surface area contributed by atoms with Crippen LogP contribution in [0.25, 0.3) is 0 Å². The summed E-state index contributed by atoms with van der Waals surface area (Å²) in [5.41, 5.74) is 4.67. The van der Waals surface area contributed by atoms with Gasteiger partial charge in [-0.3, -0.25) is 14.4 Å². The standard InChI is InChI=1S/C33H36ClN5O3.2H2/c1-2-15-35-31(40)27-9-5-6-10-30(27)38-16-18-39(19-17-38)33(42)29(20-23-11-13-26(34)14-12-23)37-32(41)28-21-24-7-3-4-8-25(24)22-36-28;;/h2-14,28-29,36H,1,15-22H2,(H,35,40)(H,37,41);2*1H/t28-,29+;;/m0../s1. The summed E-state index contributed by atoms with van der Waals surface area (Å²) in [5.74, 6) is -0.463. The molecule has 2 atom stereocenters. The number of halogens is 1. The molecule has 2 aliphatic rings. The lowest BCUT2D eigenvalue weighted by Crippen LogP contribution is -2.58. The van der Waals surface area contributed by atoms with E-state index in [2.05, 4.69) is 33.5 Å². The van der Waals surface area contributed by atoms with Gasteiger partial charge in [0.2, 0.25) is 11.8 Å². The molecular formula is C33H40ClN5O3. The number of amides is 3. The Kier molecular flexibility index (Phi) is 9.56. The van der Waals surface area contributed by atoms with Crippen LogP contribution in [0, 0.1) is 0 Å². The fourth-order valence-electron chi connectivity index (χ4n) is 5.56. The molecule has 5 rings (SSSR count). The van der Waals surface area contributed by atoms with E-state index in [-0.39, 0.29) is 20.6 Å². The number of para-hydroxylation sites is 1. The fourth-order valence-corrected chi connectivity index (χ4v) is 5.68. The Labute approximate surface area is 254 Å². The molecular weight excluding hydrogens is 550 g/mol. The number of anilines is 1. The van der Waals surface area contributed by atoms with Crippen LogP contribution in [0.4, 0.5) is 5.69 Å². The van der Waals surface area contributed by atoms with E-state index in [0.29, 0.717) is 62.7 Å². The number of carbonyl (C=O) groups excluding carboxylic acids is 3. The molecule has 0 aromatic heterocycles. The van der Waals surface area contributed by atoms with Crippen molar-refractivity contribution in [3.63, 3.8) is 0 Å². The van der Waals surface area contributed by atoms with Crippen LogP contribution in [-0.2, 0) is 29.0 Å². The summed E-state index contributed by atoms with van der Waals surface area (Å²) in [6, 6.07) is 21.8. The van der Waals surface area contributed by atoms with Crippen LogP contribution in [0.3, 0.4) is 0 Å². The van der Waals surface area contributed by atoms with Gasteiger partial charge in [-0.15, -0.1) is 6.58 Å². The molecule has 8 nitrogen and oxygen atoms in total. The number of benzene rings is 3. The van der Waals surface area contributed by atoms with E-state index in [0.717, 1.165) is 16.8 Å². The van der Waals surface area contributed by atoms with Crippen molar-refractivity contribution in [2.24, 2.45) is 0 Å². The highest BCUT2D eigenvalue weighted by Crippen LogP contribution is 2.23. The number of hydrogen-bond acceptors (Lipinski definition) is 5. The molecule has 1 fully saturated rings. The van der Waals surface area contributed by atoms with Gasteiger partial charge in [-0.05, 0) is 47.4 Å². The summed E-state index contributed by atoms with van der Waals surface area (Å²) >= 11 is 6.09. The van der Waals surface area contributed by atoms with E-state index in [1.807, 2.05) is 48.5 Å². The Morgan fingerprint density at radius 2 is 1.67 bits per heavy atom. The Morgan fingerprint density at radius 3 is 2.40 bits per heavy atom. The van der Waals surface area contributed by atoms with Crippen LogP contribution in [0.2, 0.25) is 5.02 Å². The zero-order valence-electron chi connectivity index (χ0n) is 23.5. The molecule has 9 heteroatoms. The maximum atomic E-state index is 13.9. The van der Waals surface area contributed by atoms with Gasteiger partial charge in [-0.25, -0.2) is 0 Å². The molecule has 3 amide bonds. The minimum absolute atomic E-state index is 0. The third-order valence-corrected chi connectivity index (χ3v) is 8.11. The molecule has 0 unspecified atom stereocenters. The van der Waals surface area contributed by atoms with Crippen molar-refractivity contribution in [3.05, 3.63) is 113 Å². The summed E-state index contributed by atoms with van der Waals surface area (Å²) in [7, 11) is 0. The maximum Gasteiger partial charge on any atom is 0.253 e. The minimum Gasteiger partial charge on any atom is -0.367 e. The largest absolute Gasteiger partial charge is 0.367 e. The Balaban J connectivity index is 0.00000264. The molecule has 0 saturated carbocycles. The number of nitrogens with zero attached hydrogens (tertiary/aromatic N) is 2. The lowest BCUT2D eigenvalue weighted by molar-refractivity contribution is -0.137. The SMILES string of the molecule is C=CCNC(=O)c1ccccc1N1CCN(C(=O)[C@@H](Cc2ccc(Cl)cc2)NC(=O)[C@@H]2Cc3ccccc3CN2)CC1.[HH].[HH]. The summed E-state index contributed by atoms with van der Waals surface area (Å²) in [4.78, 5) is 44.0. The highest BCUT2D eigenvalue weighted by Gasteiger charge is 2.32. The molecule has 222 valence electrons. The third kappa shape index (κ3) is 7.01. The first-order valence-electron chi connectivity index (χ1n) is 14.3. The van der Waals surface area contributed by atoms with Crippen molar-refractivity contribution in [3.8, 4) is 0 Å². The second-order valence-corrected chi connectivity index (χ2v) is 11.1. The summed E-state index contributed by atoms with van der Waals surface area (Å²) in [6.45, 7) is 6.75. The molecule has 0 aliphatic carbocycles. The van der Waals surface area contributed by atoms with Crippen molar-refractivity contribution >= 4 is 35.0 Å². The van der Waals surface area contributed by atoms with Gasteiger partial charge < -0.3 is 25.8 Å². The zero-order valence-corrected chi connectivity index (χ0v) is 24.3. The molecule has 0 radical (unpaired) electrons. The normalized spacial score (nSPS) is 17.1. The third-order valence-electron chi connectivity index (χ3n) is 7.85. The molecule has 3 aromatic rings. The summed E-state index contributed by atoms with van der Waals surface area (Å²) in [5, 5.41) is 9.85. The van der Waals surface area contributed by atoms with Gasteiger partial charge in [0.15, 0.2) is 0 Å². The lowest BCUT2D eigenvalue weighted by atomic mass is 9.95. The maximum absolute atomic E-state index is 13.9. The highest BCUT2D eigenvalue weighted by molar-refractivity contribution is 6.30. The first-order valence-corrected chi connectivity index (χ1v) is 14.7. The predicted octanol–water partition coefficient (Wildman–Crippen LogP) is 3.84. The number of hydrogen-bond donors (Lipinski definition) is 3. The zero-order chi connectivity index (χ0) is 29.5.